The van der Waals surface area contributed by atoms with Gasteiger partial charge in [0.1, 0.15) is 5.75 Å². The van der Waals surface area contributed by atoms with Crippen LogP contribution < -0.4 is 10.5 Å². The number of nitrogens with two attached hydrogens (primary N) is 1. The van der Waals surface area contributed by atoms with E-state index in [0.717, 1.165) is 33.5 Å². The number of fused-ring (bicyclic) bond motifs is 1. The summed E-state index contributed by atoms with van der Waals surface area (Å²) >= 11 is 0. The molecule has 1 unspecified atom stereocenters. The summed E-state index contributed by atoms with van der Waals surface area (Å²) in [6, 6.07) is 17.8. The zero-order chi connectivity index (χ0) is 14.8. The number of rotatable bonds is 3. The summed E-state index contributed by atoms with van der Waals surface area (Å²) in [6.07, 6.45) is 0. The normalized spacial score (nSPS) is 12.3. The molecule has 0 radical (unpaired) electrons. The number of ether oxygens (including phenoxy) is 1. The number of aromatic nitrogens is 1. The number of pyridine rings is 1. The van der Waals surface area contributed by atoms with E-state index in [0.29, 0.717) is 0 Å². The lowest BCUT2D eigenvalue weighted by Gasteiger charge is -2.16. The molecule has 1 heterocycles. The lowest BCUT2D eigenvalue weighted by Crippen LogP contribution is -2.15. The summed E-state index contributed by atoms with van der Waals surface area (Å²) < 4.78 is 5.42. The van der Waals surface area contributed by atoms with Crippen LogP contribution in [-0.4, -0.2) is 12.1 Å². The molecule has 2 aromatic carbocycles. The van der Waals surface area contributed by atoms with E-state index in [4.69, 9.17) is 10.5 Å². The van der Waals surface area contributed by atoms with Crippen molar-refractivity contribution in [2.24, 2.45) is 5.73 Å². The Balaban J connectivity index is 2.07. The second-order valence-electron chi connectivity index (χ2n) is 5.15. The summed E-state index contributed by atoms with van der Waals surface area (Å²) in [6.45, 7) is 2.05. The van der Waals surface area contributed by atoms with Crippen molar-refractivity contribution in [2.45, 2.75) is 13.0 Å². The number of para-hydroxylation sites is 1. The van der Waals surface area contributed by atoms with Gasteiger partial charge in [-0.3, -0.25) is 4.98 Å². The molecule has 0 saturated heterocycles. The number of benzene rings is 2. The topological polar surface area (TPSA) is 48.1 Å². The maximum Gasteiger partial charge on any atom is 0.124 e. The smallest absolute Gasteiger partial charge is 0.124 e. The molecule has 106 valence electrons. The van der Waals surface area contributed by atoms with E-state index in [1.54, 1.807) is 7.11 Å². The van der Waals surface area contributed by atoms with Gasteiger partial charge in [-0.25, -0.2) is 0 Å². The maximum atomic E-state index is 6.41. The molecule has 1 atom stereocenters. The largest absolute Gasteiger partial charge is 0.496 e. The zero-order valence-electron chi connectivity index (χ0n) is 12.2. The van der Waals surface area contributed by atoms with Crippen molar-refractivity contribution in [2.75, 3.05) is 7.11 Å². The highest BCUT2D eigenvalue weighted by molar-refractivity contribution is 5.78. The molecule has 0 aliphatic rings. The molecule has 1 aromatic heterocycles. The molecule has 0 bridgehead atoms. The minimum Gasteiger partial charge on any atom is -0.496 e. The van der Waals surface area contributed by atoms with Crippen molar-refractivity contribution >= 4 is 10.9 Å². The van der Waals surface area contributed by atoms with Crippen LogP contribution in [0, 0.1) is 6.92 Å². The Morgan fingerprint density at radius 2 is 1.86 bits per heavy atom. The van der Waals surface area contributed by atoms with E-state index in [1.807, 2.05) is 49.4 Å². The van der Waals surface area contributed by atoms with E-state index in [2.05, 4.69) is 17.1 Å². The summed E-state index contributed by atoms with van der Waals surface area (Å²) in [4.78, 5) is 4.68. The molecule has 21 heavy (non-hydrogen) atoms. The zero-order valence-corrected chi connectivity index (χ0v) is 12.2. The number of hydrogen-bond donors (Lipinski definition) is 1. The monoisotopic (exact) mass is 278 g/mol. The number of nitrogens with zero attached hydrogens (tertiary/aromatic N) is 1. The molecule has 3 aromatic rings. The number of aryl methyl sites for hydroxylation is 1. The first kappa shape index (κ1) is 13.6. The van der Waals surface area contributed by atoms with Gasteiger partial charge in [0.2, 0.25) is 0 Å². The fourth-order valence-electron chi connectivity index (χ4n) is 2.51. The van der Waals surface area contributed by atoms with Crippen LogP contribution in [-0.2, 0) is 0 Å². The molecule has 0 aliphatic heterocycles. The highest BCUT2D eigenvalue weighted by atomic mass is 16.5. The average Bonchev–Trinajstić information content (AvgIpc) is 2.53. The van der Waals surface area contributed by atoms with Gasteiger partial charge in [-0.2, -0.15) is 0 Å². The molecule has 0 amide bonds. The molecule has 0 saturated carbocycles. The first-order valence-corrected chi connectivity index (χ1v) is 6.95. The minimum absolute atomic E-state index is 0.301. The quantitative estimate of drug-likeness (QED) is 0.796. The van der Waals surface area contributed by atoms with Gasteiger partial charge in [0.25, 0.3) is 0 Å². The molecular formula is C18H18N2O. The van der Waals surface area contributed by atoms with Crippen LogP contribution in [0.5, 0.6) is 5.75 Å². The second-order valence-corrected chi connectivity index (χ2v) is 5.15. The fraction of sp³-hybridized carbons (Fsp3) is 0.167. The fourth-order valence-corrected chi connectivity index (χ4v) is 2.51. The van der Waals surface area contributed by atoms with Crippen molar-refractivity contribution in [1.29, 1.82) is 0 Å². The van der Waals surface area contributed by atoms with Gasteiger partial charge in [-0.1, -0.05) is 42.0 Å². The Morgan fingerprint density at radius 3 is 2.67 bits per heavy atom. The van der Waals surface area contributed by atoms with Crippen LogP contribution in [0.1, 0.15) is 22.9 Å². The SMILES string of the molecule is COc1ccc(C)cc1C(N)c1ccc2ccccc2n1. The molecular weight excluding hydrogens is 260 g/mol. The lowest BCUT2D eigenvalue weighted by atomic mass is 10.00. The third kappa shape index (κ3) is 2.60. The Morgan fingerprint density at radius 1 is 1.05 bits per heavy atom. The lowest BCUT2D eigenvalue weighted by molar-refractivity contribution is 0.407. The third-order valence-electron chi connectivity index (χ3n) is 3.66. The van der Waals surface area contributed by atoms with Crippen LogP contribution in [0.3, 0.4) is 0 Å². The van der Waals surface area contributed by atoms with Gasteiger partial charge in [0.15, 0.2) is 0 Å². The first-order valence-electron chi connectivity index (χ1n) is 6.95. The van der Waals surface area contributed by atoms with Gasteiger partial charge in [-0.05, 0) is 25.1 Å². The molecule has 3 rings (SSSR count). The molecule has 0 fully saturated rings. The van der Waals surface area contributed by atoms with Gasteiger partial charge in [-0.15, -0.1) is 0 Å². The van der Waals surface area contributed by atoms with E-state index in [9.17, 15) is 0 Å². The van der Waals surface area contributed by atoms with Crippen molar-refractivity contribution in [3.05, 3.63) is 71.4 Å². The second kappa shape index (κ2) is 5.54. The number of methoxy groups -OCH3 is 1. The Bertz CT molecular complexity index is 783. The van der Waals surface area contributed by atoms with E-state index >= 15 is 0 Å². The Hall–Kier alpha value is -2.39. The van der Waals surface area contributed by atoms with Gasteiger partial charge in [0, 0.05) is 10.9 Å². The Labute approximate surface area is 124 Å². The summed E-state index contributed by atoms with van der Waals surface area (Å²) in [5.74, 6) is 0.794. The van der Waals surface area contributed by atoms with Crippen LogP contribution in [0.25, 0.3) is 10.9 Å². The van der Waals surface area contributed by atoms with Gasteiger partial charge < -0.3 is 10.5 Å². The molecule has 0 aliphatic carbocycles. The van der Waals surface area contributed by atoms with Crippen molar-refractivity contribution < 1.29 is 4.74 Å². The molecule has 3 nitrogen and oxygen atoms in total. The molecule has 3 heteroatoms. The number of hydrogen-bond acceptors (Lipinski definition) is 3. The first-order chi connectivity index (χ1) is 10.2. The summed E-state index contributed by atoms with van der Waals surface area (Å²) in [7, 11) is 1.66. The van der Waals surface area contributed by atoms with Crippen molar-refractivity contribution in [3.8, 4) is 5.75 Å². The maximum absolute atomic E-state index is 6.41. The van der Waals surface area contributed by atoms with Gasteiger partial charge in [0.05, 0.1) is 24.4 Å². The third-order valence-corrected chi connectivity index (χ3v) is 3.66. The van der Waals surface area contributed by atoms with Crippen LogP contribution in [0.2, 0.25) is 0 Å². The molecule has 2 N–H and O–H groups in total. The summed E-state index contributed by atoms with van der Waals surface area (Å²) in [5.41, 5.74) is 10.3. The molecule has 0 spiro atoms. The van der Waals surface area contributed by atoms with Crippen LogP contribution >= 0.6 is 0 Å². The average molecular weight is 278 g/mol. The van der Waals surface area contributed by atoms with Crippen molar-refractivity contribution in [3.63, 3.8) is 0 Å². The standard InChI is InChI=1S/C18H18N2O/c1-12-7-10-17(21-2)14(11-12)18(19)16-9-8-13-5-3-4-6-15(13)20-16/h3-11,18H,19H2,1-2H3. The highest BCUT2D eigenvalue weighted by Crippen LogP contribution is 2.29. The van der Waals surface area contributed by atoms with Crippen LogP contribution in [0.15, 0.2) is 54.6 Å². The highest BCUT2D eigenvalue weighted by Gasteiger charge is 2.15. The van der Waals surface area contributed by atoms with E-state index < -0.39 is 0 Å². The Kier molecular flexibility index (Phi) is 3.59. The van der Waals surface area contributed by atoms with E-state index in [-0.39, 0.29) is 6.04 Å². The minimum atomic E-state index is -0.301. The van der Waals surface area contributed by atoms with E-state index in [1.165, 1.54) is 0 Å². The van der Waals surface area contributed by atoms with Crippen molar-refractivity contribution in [1.82, 2.24) is 4.98 Å². The van der Waals surface area contributed by atoms with Gasteiger partial charge >= 0.3 is 0 Å². The predicted octanol–water partition coefficient (Wildman–Crippen LogP) is 3.60. The predicted molar refractivity (Wildman–Crippen MR) is 85.5 cm³/mol. The summed E-state index contributed by atoms with van der Waals surface area (Å²) in [5, 5.41) is 1.12. The van der Waals surface area contributed by atoms with Crippen LogP contribution in [0.4, 0.5) is 0 Å².